The molecule has 0 spiro atoms. The van der Waals surface area contributed by atoms with E-state index in [1.165, 1.54) is 17.3 Å². The van der Waals surface area contributed by atoms with Crippen LogP contribution >= 0.6 is 11.8 Å². The summed E-state index contributed by atoms with van der Waals surface area (Å²) in [6, 6.07) is 14.4. The van der Waals surface area contributed by atoms with Crippen molar-refractivity contribution in [1.82, 2.24) is 15.3 Å². The van der Waals surface area contributed by atoms with E-state index < -0.39 is 0 Å². The zero-order chi connectivity index (χ0) is 19.2. The second kappa shape index (κ2) is 8.82. The molecule has 4 nitrogen and oxygen atoms in total. The molecule has 0 atom stereocenters. The quantitative estimate of drug-likeness (QED) is 0.372. The van der Waals surface area contributed by atoms with Crippen LogP contribution in [0.3, 0.4) is 0 Å². The maximum Gasteiger partial charge on any atom is 0.230 e. The molecule has 1 heterocycles. The van der Waals surface area contributed by atoms with Crippen molar-refractivity contribution < 1.29 is 4.79 Å². The summed E-state index contributed by atoms with van der Waals surface area (Å²) >= 11 is 1.44. The highest BCUT2D eigenvalue weighted by atomic mass is 32.2. The van der Waals surface area contributed by atoms with Crippen molar-refractivity contribution >= 4 is 28.6 Å². The Morgan fingerprint density at radius 1 is 1.22 bits per heavy atom. The Bertz CT molecular complexity index is 984. The normalized spacial score (nSPS) is 10.7. The van der Waals surface area contributed by atoms with Crippen LogP contribution in [0.2, 0.25) is 0 Å². The van der Waals surface area contributed by atoms with Crippen molar-refractivity contribution in [2.75, 3.05) is 12.3 Å². The summed E-state index contributed by atoms with van der Waals surface area (Å²) in [7, 11) is 0. The first-order chi connectivity index (χ1) is 13.1. The second-order valence-electron chi connectivity index (χ2n) is 6.31. The molecule has 0 unspecified atom stereocenters. The highest BCUT2D eigenvalue weighted by molar-refractivity contribution is 8.00. The Morgan fingerprint density at radius 2 is 2.07 bits per heavy atom. The van der Waals surface area contributed by atoms with E-state index in [0.29, 0.717) is 18.1 Å². The molecule has 1 aromatic heterocycles. The average molecular weight is 378 g/mol. The Kier molecular flexibility index (Phi) is 6.24. The minimum absolute atomic E-state index is 0.0320. The number of aromatic nitrogens is 2. The first kappa shape index (κ1) is 19.1. The van der Waals surface area contributed by atoms with E-state index in [9.17, 15) is 4.79 Å². The molecule has 0 bridgehead atoms. The zero-order valence-electron chi connectivity index (χ0n) is 15.7. The lowest BCUT2D eigenvalue weighted by atomic mass is 10.1. The summed E-state index contributed by atoms with van der Waals surface area (Å²) in [4.78, 5) is 21.6. The van der Waals surface area contributed by atoms with Gasteiger partial charge in [-0.2, -0.15) is 0 Å². The fourth-order valence-corrected chi connectivity index (χ4v) is 3.60. The number of carbonyl (C=O) groups excluding carboxylic acids is 1. The van der Waals surface area contributed by atoms with Crippen LogP contribution in [-0.4, -0.2) is 28.2 Å². The van der Waals surface area contributed by atoms with Gasteiger partial charge in [-0.1, -0.05) is 54.6 Å². The predicted octanol–water partition coefficient (Wildman–Crippen LogP) is 4.56. The van der Waals surface area contributed by atoms with Crippen molar-refractivity contribution in [3.05, 3.63) is 66.2 Å². The standard InChI is InChI=1S/C22H23N3OS/c1-4-11-23-20(26)14-27-22-18-13-16(5-2)9-10-19(18)24-21(25-22)17-8-6-7-15(3)12-17/h4,6-10,12-13H,1,5,11,14H2,2-3H3,(H,23,26). The third kappa shape index (κ3) is 4.74. The number of amides is 1. The van der Waals surface area contributed by atoms with Gasteiger partial charge in [0.2, 0.25) is 5.91 Å². The zero-order valence-corrected chi connectivity index (χ0v) is 16.5. The second-order valence-corrected chi connectivity index (χ2v) is 7.27. The van der Waals surface area contributed by atoms with Crippen LogP contribution in [0.15, 0.2) is 60.1 Å². The Labute approximate surface area is 164 Å². The van der Waals surface area contributed by atoms with Crippen molar-refractivity contribution in [1.29, 1.82) is 0 Å². The maximum absolute atomic E-state index is 12.0. The van der Waals surface area contributed by atoms with Crippen molar-refractivity contribution in [3.8, 4) is 11.4 Å². The molecule has 0 radical (unpaired) electrons. The molecule has 3 rings (SSSR count). The number of thioether (sulfide) groups is 1. The number of benzene rings is 2. The number of hydrogen-bond acceptors (Lipinski definition) is 4. The molecule has 138 valence electrons. The van der Waals surface area contributed by atoms with Crippen LogP contribution in [0.4, 0.5) is 0 Å². The van der Waals surface area contributed by atoms with E-state index in [-0.39, 0.29) is 5.91 Å². The molecule has 0 fully saturated rings. The third-order valence-corrected chi connectivity index (χ3v) is 5.18. The van der Waals surface area contributed by atoms with Gasteiger partial charge in [-0.05, 0) is 37.1 Å². The summed E-state index contributed by atoms with van der Waals surface area (Å²) < 4.78 is 0. The summed E-state index contributed by atoms with van der Waals surface area (Å²) in [6.07, 6.45) is 2.62. The number of aryl methyl sites for hydroxylation is 2. The smallest absolute Gasteiger partial charge is 0.230 e. The molecule has 3 aromatic rings. The summed E-state index contributed by atoms with van der Waals surface area (Å²) in [5.74, 6) is 0.962. The average Bonchev–Trinajstić information content (AvgIpc) is 2.69. The molecule has 27 heavy (non-hydrogen) atoms. The van der Waals surface area contributed by atoms with Gasteiger partial charge in [0.25, 0.3) is 0 Å². The number of carbonyl (C=O) groups is 1. The monoisotopic (exact) mass is 377 g/mol. The largest absolute Gasteiger partial charge is 0.352 e. The molecule has 0 aliphatic heterocycles. The van der Waals surface area contributed by atoms with E-state index in [4.69, 9.17) is 9.97 Å². The molecule has 0 aliphatic rings. The van der Waals surface area contributed by atoms with Crippen LogP contribution in [0.25, 0.3) is 22.3 Å². The SMILES string of the molecule is C=CCNC(=O)CSc1nc(-c2cccc(C)c2)nc2ccc(CC)cc12. The first-order valence-electron chi connectivity index (χ1n) is 8.99. The number of fused-ring (bicyclic) bond motifs is 1. The molecule has 1 N–H and O–H groups in total. The maximum atomic E-state index is 12.0. The van der Waals surface area contributed by atoms with E-state index >= 15 is 0 Å². The topological polar surface area (TPSA) is 54.9 Å². The van der Waals surface area contributed by atoms with Gasteiger partial charge in [0.15, 0.2) is 5.82 Å². The number of nitrogens with one attached hydrogen (secondary N) is 1. The molecular formula is C22H23N3OS. The molecule has 0 saturated carbocycles. The van der Waals surface area contributed by atoms with E-state index in [1.807, 2.05) is 18.2 Å². The van der Waals surface area contributed by atoms with Crippen molar-refractivity contribution in [2.24, 2.45) is 0 Å². The van der Waals surface area contributed by atoms with Crippen molar-refractivity contribution in [3.63, 3.8) is 0 Å². The molecular weight excluding hydrogens is 354 g/mol. The van der Waals surface area contributed by atoms with Gasteiger partial charge < -0.3 is 5.32 Å². The predicted molar refractivity (Wildman–Crippen MR) is 113 cm³/mol. The summed E-state index contributed by atoms with van der Waals surface area (Å²) in [5, 5.41) is 4.63. The van der Waals surface area contributed by atoms with Gasteiger partial charge >= 0.3 is 0 Å². The Hall–Kier alpha value is -2.66. The highest BCUT2D eigenvalue weighted by Gasteiger charge is 2.12. The molecule has 5 heteroatoms. The molecule has 0 saturated heterocycles. The summed E-state index contributed by atoms with van der Waals surface area (Å²) in [5.41, 5.74) is 4.27. The van der Waals surface area contributed by atoms with Crippen LogP contribution in [0.5, 0.6) is 0 Å². The van der Waals surface area contributed by atoms with Crippen LogP contribution < -0.4 is 5.32 Å². The minimum Gasteiger partial charge on any atom is -0.352 e. The van der Waals surface area contributed by atoms with Gasteiger partial charge in [-0.15, -0.1) is 6.58 Å². The molecule has 0 aliphatic carbocycles. The summed E-state index contributed by atoms with van der Waals surface area (Å²) in [6.45, 7) is 8.27. The lowest BCUT2D eigenvalue weighted by Crippen LogP contribution is -2.24. The highest BCUT2D eigenvalue weighted by Crippen LogP contribution is 2.29. The fraction of sp³-hybridized carbons (Fsp3) is 0.227. The van der Waals surface area contributed by atoms with Gasteiger partial charge in [0, 0.05) is 17.5 Å². The van der Waals surface area contributed by atoms with Crippen LogP contribution in [0, 0.1) is 6.92 Å². The number of nitrogens with zero attached hydrogens (tertiary/aromatic N) is 2. The molecule has 2 aromatic carbocycles. The van der Waals surface area contributed by atoms with E-state index in [1.54, 1.807) is 6.08 Å². The molecule has 1 amide bonds. The first-order valence-corrected chi connectivity index (χ1v) is 9.97. The van der Waals surface area contributed by atoms with Crippen LogP contribution in [-0.2, 0) is 11.2 Å². The lowest BCUT2D eigenvalue weighted by Gasteiger charge is -2.10. The van der Waals surface area contributed by atoms with Gasteiger partial charge in [0.1, 0.15) is 5.03 Å². The van der Waals surface area contributed by atoms with E-state index in [2.05, 4.69) is 50.0 Å². The Balaban J connectivity index is 2.01. The Morgan fingerprint density at radius 3 is 2.81 bits per heavy atom. The third-order valence-electron chi connectivity index (χ3n) is 4.19. The fourth-order valence-electron chi connectivity index (χ4n) is 2.76. The van der Waals surface area contributed by atoms with Gasteiger partial charge in [0.05, 0.1) is 11.3 Å². The lowest BCUT2D eigenvalue weighted by molar-refractivity contribution is -0.118. The number of hydrogen-bond donors (Lipinski definition) is 1. The van der Waals surface area contributed by atoms with Gasteiger partial charge in [-0.3, -0.25) is 4.79 Å². The van der Waals surface area contributed by atoms with Crippen LogP contribution in [0.1, 0.15) is 18.1 Å². The van der Waals surface area contributed by atoms with Crippen molar-refractivity contribution in [2.45, 2.75) is 25.3 Å². The van der Waals surface area contributed by atoms with E-state index in [0.717, 1.165) is 33.5 Å². The number of rotatable bonds is 7. The van der Waals surface area contributed by atoms with Gasteiger partial charge in [-0.25, -0.2) is 9.97 Å². The minimum atomic E-state index is -0.0320.